The van der Waals surface area contributed by atoms with Gasteiger partial charge in [0.2, 0.25) is 0 Å². The van der Waals surface area contributed by atoms with Gasteiger partial charge in [0.25, 0.3) is 0 Å². The third kappa shape index (κ3) is 6.17. The molecule has 7 heteroatoms. The molecule has 0 radical (unpaired) electrons. The van der Waals surface area contributed by atoms with E-state index < -0.39 is 0 Å². The maximum Gasteiger partial charge on any atom is 0.165 e. The molecule has 2 heterocycles. The first-order valence-electron chi connectivity index (χ1n) is 12.2. The van der Waals surface area contributed by atoms with Crippen molar-refractivity contribution in [3.05, 3.63) is 89.0 Å². The maximum atomic E-state index is 13.5. The van der Waals surface area contributed by atoms with Gasteiger partial charge >= 0.3 is 0 Å². The van der Waals surface area contributed by atoms with Gasteiger partial charge in [-0.25, -0.2) is 4.39 Å². The second-order valence-corrected chi connectivity index (χ2v) is 8.80. The van der Waals surface area contributed by atoms with E-state index in [2.05, 4.69) is 33.3 Å². The van der Waals surface area contributed by atoms with E-state index in [9.17, 15) is 4.39 Å². The average Bonchev–Trinajstić information content (AvgIpc) is 3.11. The summed E-state index contributed by atoms with van der Waals surface area (Å²) in [5.41, 5.74) is 8.93. The number of ether oxygens (including phenoxy) is 1. The molecule has 0 saturated carbocycles. The number of rotatable bonds is 8. The quantitative estimate of drug-likeness (QED) is 0.331. The number of aromatic nitrogens is 1. The van der Waals surface area contributed by atoms with Crippen LogP contribution in [0.4, 0.5) is 4.39 Å². The summed E-state index contributed by atoms with van der Waals surface area (Å²) in [6.45, 7) is 8.31. The molecule has 0 bridgehead atoms. The molecule has 6 nitrogen and oxygen atoms in total. The predicted octanol–water partition coefficient (Wildman–Crippen LogP) is 5.59. The van der Waals surface area contributed by atoms with Crippen molar-refractivity contribution in [3.63, 3.8) is 0 Å². The van der Waals surface area contributed by atoms with Crippen molar-refractivity contribution in [2.45, 2.75) is 39.8 Å². The fourth-order valence-corrected chi connectivity index (χ4v) is 4.53. The maximum absolute atomic E-state index is 13.5. The van der Waals surface area contributed by atoms with E-state index in [-0.39, 0.29) is 11.9 Å². The summed E-state index contributed by atoms with van der Waals surface area (Å²) in [6, 6.07) is 16.9. The van der Waals surface area contributed by atoms with Crippen LogP contribution in [-0.4, -0.2) is 42.3 Å². The van der Waals surface area contributed by atoms with Crippen LogP contribution in [0.25, 0.3) is 11.3 Å². The lowest BCUT2D eigenvalue weighted by molar-refractivity contribution is 0.195. The van der Waals surface area contributed by atoms with Gasteiger partial charge in [-0.15, -0.1) is 0 Å². The number of benzene rings is 2. The Balaban J connectivity index is 1.60. The molecule has 3 aromatic rings. The minimum atomic E-state index is -0.226. The second kappa shape index (κ2) is 11.9. The Morgan fingerprint density at radius 2 is 2.03 bits per heavy atom. The largest absolute Gasteiger partial charge is 0.492 e. The molecule has 1 atom stereocenters. The van der Waals surface area contributed by atoms with Gasteiger partial charge in [-0.3, -0.25) is 14.9 Å². The summed E-state index contributed by atoms with van der Waals surface area (Å²) < 4.78 is 19.6. The lowest BCUT2D eigenvalue weighted by Crippen LogP contribution is -2.36. The summed E-state index contributed by atoms with van der Waals surface area (Å²) in [4.78, 5) is 16.8. The number of hydroxylamine groups is 1. The molecule has 1 aliphatic heterocycles. The normalized spacial score (nSPS) is 15.6. The van der Waals surface area contributed by atoms with E-state index in [1.807, 2.05) is 56.5 Å². The van der Waals surface area contributed by atoms with Gasteiger partial charge in [0.15, 0.2) is 5.75 Å². The Kier molecular flexibility index (Phi) is 8.46. The van der Waals surface area contributed by atoms with E-state index in [4.69, 9.17) is 9.57 Å². The molecule has 36 heavy (non-hydrogen) atoms. The molecular formula is C29H33FN4O2. The lowest BCUT2D eigenvalue weighted by atomic mass is 9.96. The third-order valence-electron chi connectivity index (χ3n) is 6.47. The fourth-order valence-electron chi connectivity index (χ4n) is 4.53. The Labute approximate surface area is 212 Å². The highest BCUT2D eigenvalue weighted by Crippen LogP contribution is 2.31. The number of aliphatic imine (C=N–C) groups is 1. The van der Waals surface area contributed by atoms with E-state index in [1.165, 1.54) is 17.7 Å². The summed E-state index contributed by atoms with van der Waals surface area (Å²) in [5.74, 6) is 1.33. The zero-order valence-electron chi connectivity index (χ0n) is 21.3. The standard InChI is InChI=1S/C29H33FN4O2/c1-5-32-20(2)27(16-22-6-9-25(30)10-7-22)21(3)34-14-15-35-29-13-8-23(17-24(29)19-34)28-12-11-26(18-33-28)36-31-4/h5-13,17-18,21,31H,14-16,19H2,1-4H3/b27-20-,32-5?. The van der Waals surface area contributed by atoms with Crippen LogP contribution in [-0.2, 0) is 13.0 Å². The minimum Gasteiger partial charge on any atom is -0.492 e. The first kappa shape index (κ1) is 25.5. The highest BCUT2D eigenvalue weighted by molar-refractivity contribution is 5.62. The van der Waals surface area contributed by atoms with Crippen molar-refractivity contribution < 1.29 is 14.0 Å². The number of allylic oxidation sites excluding steroid dienone is 1. The first-order valence-corrected chi connectivity index (χ1v) is 12.2. The van der Waals surface area contributed by atoms with Gasteiger partial charge in [-0.1, -0.05) is 12.1 Å². The van der Waals surface area contributed by atoms with Crippen LogP contribution in [0, 0.1) is 5.82 Å². The van der Waals surface area contributed by atoms with Gasteiger partial charge in [0, 0.05) is 49.2 Å². The zero-order valence-corrected chi connectivity index (χ0v) is 21.3. The lowest BCUT2D eigenvalue weighted by Gasteiger charge is -2.30. The van der Waals surface area contributed by atoms with Gasteiger partial charge in [0.1, 0.15) is 18.2 Å². The monoisotopic (exact) mass is 488 g/mol. The molecule has 0 amide bonds. The molecule has 2 aromatic carbocycles. The van der Waals surface area contributed by atoms with Crippen LogP contribution in [0.1, 0.15) is 31.9 Å². The summed E-state index contributed by atoms with van der Waals surface area (Å²) in [7, 11) is 1.71. The number of nitrogens with zero attached hydrogens (tertiary/aromatic N) is 3. The number of hydrogen-bond donors (Lipinski definition) is 1. The highest BCUT2D eigenvalue weighted by atomic mass is 19.1. The molecule has 1 unspecified atom stereocenters. The average molecular weight is 489 g/mol. The fraction of sp³-hybridized carbons (Fsp3) is 0.310. The van der Waals surface area contributed by atoms with Crippen molar-refractivity contribution in [2.75, 3.05) is 20.2 Å². The second-order valence-electron chi connectivity index (χ2n) is 8.80. The Morgan fingerprint density at radius 1 is 1.22 bits per heavy atom. The van der Waals surface area contributed by atoms with Gasteiger partial charge in [-0.05, 0) is 80.8 Å². The molecule has 0 fully saturated rings. The van der Waals surface area contributed by atoms with Crippen LogP contribution < -0.4 is 15.1 Å². The number of fused-ring (bicyclic) bond motifs is 1. The first-order chi connectivity index (χ1) is 17.5. The molecular weight excluding hydrogens is 455 g/mol. The molecule has 1 N–H and O–H groups in total. The minimum absolute atomic E-state index is 0.119. The number of pyridine rings is 1. The molecule has 1 aromatic heterocycles. The van der Waals surface area contributed by atoms with Crippen molar-refractivity contribution in [2.24, 2.45) is 4.99 Å². The summed E-state index contributed by atoms with van der Waals surface area (Å²) in [5, 5.41) is 0. The van der Waals surface area contributed by atoms with Crippen molar-refractivity contribution in [3.8, 4) is 22.8 Å². The molecule has 4 rings (SSSR count). The topological polar surface area (TPSA) is 59.0 Å². The Morgan fingerprint density at radius 3 is 2.72 bits per heavy atom. The van der Waals surface area contributed by atoms with Gasteiger partial charge < -0.3 is 9.57 Å². The number of halogens is 1. The molecule has 0 saturated heterocycles. The van der Waals surface area contributed by atoms with Crippen molar-refractivity contribution in [1.82, 2.24) is 15.4 Å². The molecule has 188 valence electrons. The van der Waals surface area contributed by atoms with E-state index in [1.54, 1.807) is 13.2 Å². The third-order valence-corrected chi connectivity index (χ3v) is 6.47. The van der Waals surface area contributed by atoms with Crippen molar-refractivity contribution in [1.29, 1.82) is 0 Å². The van der Waals surface area contributed by atoms with Crippen LogP contribution in [0.2, 0.25) is 0 Å². The van der Waals surface area contributed by atoms with E-state index >= 15 is 0 Å². The number of hydrogen-bond acceptors (Lipinski definition) is 6. The van der Waals surface area contributed by atoms with Crippen molar-refractivity contribution >= 4 is 6.21 Å². The van der Waals surface area contributed by atoms with Crippen LogP contribution in [0.15, 0.2) is 77.1 Å². The summed E-state index contributed by atoms with van der Waals surface area (Å²) >= 11 is 0. The molecule has 0 aliphatic carbocycles. The van der Waals surface area contributed by atoms with Gasteiger partial charge in [0.05, 0.1) is 11.9 Å². The SMILES string of the molecule is CC=N/C(C)=C(/Cc1ccc(F)cc1)C(C)N1CCOc2ccc(-c3ccc(ONC)cn3)cc2C1. The zero-order chi connectivity index (χ0) is 25.5. The predicted molar refractivity (Wildman–Crippen MR) is 142 cm³/mol. The molecule has 0 spiro atoms. The molecule has 1 aliphatic rings. The highest BCUT2D eigenvalue weighted by Gasteiger charge is 2.24. The Hall–Kier alpha value is -3.55. The summed E-state index contributed by atoms with van der Waals surface area (Å²) in [6.07, 6.45) is 4.23. The van der Waals surface area contributed by atoms with Crippen LogP contribution in [0.3, 0.4) is 0 Å². The van der Waals surface area contributed by atoms with E-state index in [0.29, 0.717) is 18.8 Å². The van der Waals surface area contributed by atoms with Gasteiger partial charge in [-0.2, -0.15) is 5.48 Å². The van der Waals surface area contributed by atoms with Crippen LogP contribution >= 0.6 is 0 Å². The smallest absolute Gasteiger partial charge is 0.165 e. The van der Waals surface area contributed by atoms with E-state index in [0.717, 1.165) is 46.9 Å². The Bertz CT molecular complexity index is 1220. The van der Waals surface area contributed by atoms with Crippen LogP contribution in [0.5, 0.6) is 11.5 Å². The number of nitrogens with one attached hydrogen (secondary N) is 1.